The largest absolute Gasteiger partial charge is 0.480 e. The minimum Gasteiger partial charge on any atom is -0.480 e. The molecule has 0 aliphatic carbocycles. The molecule has 18 heavy (non-hydrogen) atoms. The van der Waals surface area contributed by atoms with E-state index in [2.05, 4.69) is 25.9 Å². The van der Waals surface area contributed by atoms with Crippen LogP contribution in [0.4, 0.5) is 8.78 Å². The van der Waals surface area contributed by atoms with Crippen LogP contribution in [0.25, 0.3) is 0 Å². The SMILES string of the molecule is COc1nc(Oc2cccc(F)c2F)ncc1Br. The molecule has 94 valence electrons. The van der Waals surface area contributed by atoms with Crippen LogP contribution in [-0.2, 0) is 0 Å². The molecule has 0 saturated carbocycles. The summed E-state index contributed by atoms with van der Waals surface area (Å²) in [5.74, 6) is -2.16. The first-order valence-electron chi connectivity index (χ1n) is 4.80. The Kier molecular flexibility index (Phi) is 3.71. The van der Waals surface area contributed by atoms with Crippen LogP contribution in [0.3, 0.4) is 0 Å². The van der Waals surface area contributed by atoms with E-state index in [9.17, 15) is 8.78 Å². The van der Waals surface area contributed by atoms with Crippen LogP contribution in [0.1, 0.15) is 0 Å². The molecule has 2 aromatic rings. The van der Waals surface area contributed by atoms with E-state index in [1.807, 2.05) is 0 Å². The molecule has 7 heteroatoms. The van der Waals surface area contributed by atoms with Crippen molar-refractivity contribution in [3.63, 3.8) is 0 Å². The monoisotopic (exact) mass is 316 g/mol. The van der Waals surface area contributed by atoms with Crippen LogP contribution in [0, 0.1) is 11.6 Å². The average Bonchev–Trinajstić information content (AvgIpc) is 2.37. The average molecular weight is 317 g/mol. The van der Waals surface area contributed by atoms with Gasteiger partial charge in [-0.25, -0.2) is 9.37 Å². The van der Waals surface area contributed by atoms with Crippen LogP contribution in [0.5, 0.6) is 17.6 Å². The summed E-state index contributed by atoms with van der Waals surface area (Å²) in [6, 6.07) is 3.45. The first-order valence-corrected chi connectivity index (χ1v) is 5.59. The molecule has 0 saturated heterocycles. The summed E-state index contributed by atoms with van der Waals surface area (Å²) in [5, 5.41) is 0. The minimum absolute atomic E-state index is 0.139. The lowest BCUT2D eigenvalue weighted by Crippen LogP contribution is -1.98. The molecule has 0 amide bonds. The molecule has 0 unspecified atom stereocenters. The minimum atomic E-state index is -1.09. The van der Waals surface area contributed by atoms with Gasteiger partial charge in [-0.15, -0.1) is 0 Å². The smallest absolute Gasteiger partial charge is 0.325 e. The normalized spacial score (nSPS) is 10.2. The maximum Gasteiger partial charge on any atom is 0.325 e. The highest BCUT2D eigenvalue weighted by Crippen LogP contribution is 2.27. The number of rotatable bonds is 3. The van der Waals surface area contributed by atoms with Gasteiger partial charge >= 0.3 is 6.01 Å². The van der Waals surface area contributed by atoms with Crippen molar-refractivity contribution in [2.75, 3.05) is 7.11 Å². The van der Waals surface area contributed by atoms with Gasteiger partial charge in [0.2, 0.25) is 11.7 Å². The first-order chi connectivity index (χ1) is 8.61. The van der Waals surface area contributed by atoms with Crippen molar-refractivity contribution in [2.24, 2.45) is 0 Å². The summed E-state index contributed by atoms with van der Waals surface area (Å²) in [7, 11) is 1.42. The second-order valence-electron chi connectivity index (χ2n) is 3.16. The van der Waals surface area contributed by atoms with E-state index < -0.39 is 11.6 Å². The lowest BCUT2D eigenvalue weighted by atomic mass is 10.3. The Morgan fingerprint density at radius 2 is 2.06 bits per heavy atom. The van der Waals surface area contributed by atoms with Crippen molar-refractivity contribution in [3.05, 3.63) is 40.5 Å². The Bertz CT molecular complexity index is 581. The highest BCUT2D eigenvalue weighted by molar-refractivity contribution is 9.10. The Hall–Kier alpha value is -1.76. The summed E-state index contributed by atoms with van der Waals surface area (Å²) in [5.41, 5.74) is 0. The highest BCUT2D eigenvalue weighted by Gasteiger charge is 2.12. The van der Waals surface area contributed by atoms with E-state index in [-0.39, 0.29) is 17.6 Å². The molecule has 0 aliphatic rings. The summed E-state index contributed by atoms with van der Waals surface area (Å²) in [6.45, 7) is 0. The molecular weight excluding hydrogens is 310 g/mol. The summed E-state index contributed by atoms with van der Waals surface area (Å²) < 4.78 is 36.8. The molecule has 0 N–H and O–H groups in total. The highest BCUT2D eigenvalue weighted by atomic mass is 79.9. The number of hydrogen-bond acceptors (Lipinski definition) is 4. The molecule has 2 rings (SSSR count). The van der Waals surface area contributed by atoms with Crippen LogP contribution < -0.4 is 9.47 Å². The standard InChI is InChI=1S/C11H7BrF2N2O2/c1-17-10-6(12)5-15-11(16-10)18-8-4-2-3-7(13)9(8)14/h2-5H,1H3. The Morgan fingerprint density at radius 3 is 2.78 bits per heavy atom. The number of methoxy groups -OCH3 is 1. The number of hydrogen-bond donors (Lipinski definition) is 0. The van der Waals surface area contributed by atoms with Crippen molar-refractivity contribution in [3.8, 4) is 17.6 Å². The van der Waals surface area contributed by atoms with Gasteiger partial charge in [0.15, 0.2) is 11.6 Å². The molecule has 1 heterocycles. The zero-order valence-electron chi connectivity index (χ0n) is 9.15. The number of ether oxygens (including phenoxy) is 2. The fourth-order valence-corrected chi connectivity index (χ4v) is 1.54. The fraction of sp³-hybridized carbons (Fsp3) is 0.0909. The van der Waals surface area contributed by atoms with Gasteiger partial charge in [0.1, 0.15) is 0 Å². The number of nitrogens with zero attached hydrogens (tertiary/aromatic N) is 2. The molecule has 0 fully saturated rings. The van der Waals surface area contributed by atoms with Gasteiger partial charge in [-0.1, -0.05) is 6.07 Å². The van der Waals surface area contributed by atoms with E-state index in [4.69, 9.17) is 9.47 Å². The number of aromatic nitrogens is 2. The predicted molar refractivity (Wildman–Crippen MR) is 62.7 cm³/mol. The molecule has 1 aromatic heterocycles. The molecular formula is C11H7BrF2N2O2. The third kappa shape index (κ3) is 2.56. The molecule has 0 radical (unpaired) electrons. The van der Waals surface area contributed by atoms with E-state index in [0.717, 1.165) is 6.07 Å². The van der Waals surface area contributed by atoms with Gasteiger partial charge in [0.05, 0.1) is 17.8 Å². The van der Waals surface area contributed by atoms with Gasteiger partial charge in [0.25, 0.3) is 0 Å². The van der Waals surface area contributed by atoms with E-state index >= 15 is 0 Å². The van der Waals surface area contributed by atoms with Crippen LogP contribution in [0.2, 0.25) is 0 Å². The molecule has 0 bridgehead atoms. The van der Waals surface area contributed by atoms with E-state index in [1.54, 1.807) is 0 Å². The third-order valence-electron chi connectivity index (χ3n) is 2.00. The Labute approximate surface area is 110 Å². The van der Waals surface area contributed by atoms with Crippen molar-refractivity contribution in [1.29, 1.82) is 0 Å². The Balaban J connectivity index is 2.31. The van der Waals surface area contributed by atoms with Crippen molar-refractivity contribution >= 4 is 15.9 Å². The molecule has 0 spiro atoms. The summed E-state index contributed by atoms with van der Waals surface area (Å²) in [6.07, 6.45) is 1.39. The van der Waals surface area contributed by atoms with Crippen LogP contribution >= 0.6 is 15.9 Å². The second kappa shape index (κ2) is 5.26. The van der Waals surface area contributed by atoms with Crippen molar-refractivity contribution in [2.45, 2.75) is 0 Å². The predicted octanol–water partition coefficient (Wildman–Crippen LogP) is 3.32. The van der Waals surface area contributed by atoms with E-state index in [0.29, 0.717) is 4.47 Å². The van der Waals surface area contributed by atoms with Gasteiger partial charge < -0.3 is 9.47 Å². The Morgan fingerprint density at radius 1 is 1.28 bits per heavy atom. The van der Waals surface area contributed by atoms with Gasteiger partial charge in [-0.05, 0) is 28.1 Å². The second-order valence-corrected chi connectivity index (χ2v) is 4.02. The van der Waals surface area contributed by atoms with E-state index in [1.165, 1.54) is 25.4 Å². The molecule has 1 aromatic carbocycles. The van der Waals surface area contributed by atoms with Crippen LogP contribution in [0.15, 0.2) is 28.9 Å². The van der Waals surface area contributed by atoms with Gasteiger partial charge in [0, 0.05) is 0 Å². The zero-order chi connectivity index (χ0) is 13.1. The van der Waals surface area contributed by atoms with Crippen molar-refractivity contribution < 1.29 is 18.3 Å². The quantitative estimate of drug-likeness (QED) is 0.871. The number of benzene rings is 1. The third-order valence-corrected chi connectivity index (χ3v) is 2.54. The molecule has 0 aliphatic heterocycles. The molecule has 0 atom stereocenters. The number of halogens is 3. The van der Waals surface area contributed by atoms with Crippen LogP contribution in [-0.4, -0.2) is 17.1 Å². The lowest BCUT2D eigenvalue weighted by Gasteiger charge is -2.07. The van der Waals surface area contributed by atoms with Gasteiger partial charge in [-0.3, -0.25) is 0 Å². The maximum atomic E-state index is 13.4. The van der Waals surface area contributed by atoms with Crippen molar-refractivity contribution in [1.82, 2.24) is 9.97 Å². The summed E-state index contributed by atoms with van der Waals surface area (Å²) >= 11 is 3.16. The first kappa shape index (κ1) is 12.7. The molecule has 4 nitrogen and oxygen atoms in total. The lowest BCUT2D eigenvalue weighted by molar-refractivity contribution is 0.362. The topological polar surface area (TPSA) is 44.2 Å². The van der Waals surface area contributed by atoms with Gasteiger partial charge in [-0.2, -0.15) is 9.37 Å². The maximum absolute atomic E-state index is 13.4. The fourth-order valence-electron chi connectivity index (χ4n) is 1.19. The summed E-state index contributed by atoms with van der Waals surface area (Å²) in [4.78, 5) is 7.67. The zero-order valence-corrected chi connectivity index (χ0v) is 10.7.